The van der Waals surface area contributed by atoms with Crippen LogP contribution in [-0.2, 0) is 6.42 Å². The summed E-state index contributed by atoms with van der Waals surface area (Å²) in [7, 11) is 0. The Labute approximate surface area is 82.9 Å². The first-order chi connectivity index (χ1) is 6.86. The average molecular weight is 185 g/mol. The molecule has 0 saturated heterocycles. The molecule has 2 rings (SSSR count). The van der Waals surface area contributed by atoms with Crippen molar-refractivity contribution in [2.75, 3.05) is 0 Å². The van der Waals surface area contributed by atoms with E-state index in [2.05, 4.69) is 15.0 Å². The van der Waals surface area contributed by atoms with Crippen molar-refractivity contribution in [2.45, 2.75) is 13.3 Å². The Kier molecular flexibility index (Phi) is 2.49. The molecule has 0 aromatic carbocycles. The summed E-state index contributed by atoms with van der Waals surface area (Å²) in [6, 6.07) is 5.80. The number of pyridine rings is 1. The van der Waals surface area contributed by atoms with Crippen LogP contribution in [0.1, 0.15) is 17.1 Å². The van der Waals surface area contributed by atoms with Crippen LogP contribution in [0.5, 0.6) is 0 Å². The molecule has 0 unspecified atom stereocenters. The number of aryl methyl sites for hydroxylation is 1. The number of hydrogen-bond donors (Lipinski definition) is 0. The summed E-state index contributed by atoms with van der Waals surface area (Å²) in [4.78, 5) is 12.6. The molecule has 3 nitrogen and oxygen atoms in total. The number of aromatic nitrogens is 3. The summed E-state index contributed by atoms with van der Waals surface area (Å²) in [5.41, 5.74) is 2.22. The second-order valence-electron chi connectivity index (χ2n) is 3.11. The lowest BCUT2D eigenvalue weighted by atomic mass is 10.1. The molecule has 0 fully saturated rings. The van der Waals surface area contributed by atoms with Gasteiger partial charge in [0.2, 0.25) is 0 Å². The van der Waals surface area contributed by atoms with Crippen molar-refractivity contribution in [1.29, 1.82) is 0 Å². The quantitative estimate of drug-likeness (QED) is 0.715. The molecule has 2 aromatic heterocycles. The highest BCUT2D eigenvalue weighted by Gasteiger charge is 2.01. The van der Waals surface area contributed by atoms with Crippen LogP contribution in [0, 0.1) is 6.92 Å². The molecule has 0 aliphatic carbocycles. The average Bonchev–Trinajstić information content (AvgIpc) is 2.23. The van der Waals surface area contributed by atoms with Crippen molar-refractivity contribution in [3.8, 4) is 0 Å². The van der Waals surface area contributed by atoms with Gasteiger partial charge < -0.3 is 0 Å². The minimum atomic E-state index is 0.702. The topological polar surface area (TPSA) is 38.7 Å². The molecule has 3 heteroatoms. The van der Waals surface area contributed by atoms with Gasteiger partial charge in [0.25, 0.3) is 0 Å². The van der Waals surface area contributed by atoms with Crippen molar-refractivity contribution in [3.63, 3.8) is 0 Å². The second-order valence-corrected chi connectivity index (χ2v) is 3.11. The first kappa shape index (κ1) is 8.81. The van der Waals surface area contributed by atoms with Crippen LogP contribution in [0.2, 0.25) is 0 Å². The molecule has 0 amide bonds. The van der Waals surface area contributed by atoms with Crippen molar-refractivity contribution in [3.05, 3.63) is 53.9 Å². The van der Waals surface area contributed by atoms with E-state index in [-0.39, 0.29) is 0 Å². The summed E-state index contributed by atoms with van der Waals surface area (Å²) in [5, 5.41) is 0. The molecule has 0 bridgehead atoms. The van der Waals surface area contributed by atoms with E-state index >= 15 is 0 Å². The van der Waals surface area contributed by atoms with Crippen LogP contribution in [0.4, 0.5) is 0 Å². The summed E-state index contributed by atoms with van der Waals surface area (Å²) in [6.45, 7) is 2.05. The van der Waals surface area contributed by atoms with E-state index in [1.165, 1.54) is 5.56 Å². The maximum Gasteiger partial charge on any atom is 0.134 e. The van der Waals surface area contributed by atoms with Crippen LogP contribution >= 0.6 is 0 Å². The van der Waals surface area contributed by atoms with E-state index in [9.17, 15) is 0 Å². The second kappa shape index (κ2) is 3.96. The molecule has 0 radical (unpaired) electrons. The highest BCUT2D eigenvalue weighted by atomic mass is 14.9. The number of hydrogen-bond acceptors (Lipinski definition) is 3. The zero-order valence-corrected chi connectivity index (χ0v) is 8.01. The molecule has 0 atom stereocenters. The van der Waals surface area contributed by atoms with Crippen molar-refractivity contribution < 1.29 is 0 Å². The van der Waals surface area contributed by atoms with Gasteiger partial charge in [-0.2, -0.15) is 0 Å². The summed E-state index contributed by atoms with van der Waals surface area (Å²) in [6.07, 6.45) is 6.00. The first-order valence-corrected chi connectivity index (χ1v) is 4.52. The summed E-state index contributed by atoms with van der Waals surface area (Å²) >= 11 is 0. The Hall–Kier alpha value is -1.77. The van der Waals surface area contributed by atoms with Gasteiger partial charge in [0.05, 0.1) is 12.1 Å². The molecule has 70 valence electrons. The van der Waals surface area contributed by atoms with E-state index < -0.39 is 0 Å². The molecule has 0 spiro atoms. The van der Waals surface area contributed by atoms with Gasteiger partial charge in [-0.15, -0.1) is 0 Å². The SMILES string of the molecule is Cc1cccnc1Cc1ncccn1. The minimum absolute atomic E-state index is 0.702. The van der Waals surface area contributed by atoms with Gasteiger partial charge in [0.15, 0.2) is 0 Å². The first-order valence-electron chi connectivity index (χ1n) is 4.52. The monoisotopic (exact) mass is 185 g/mol. The maximum atomic E-state index is 4.29. The van der Waals surface area contributed by atoms with E-state index in [0.29, 0.717) is 6.42 Å². The fourth-order valence-corrected chi connectivity index (χ4v) is 1.27. The zero-order chi connectivity index (χ0) is 9.80. The maximum absolute atomic E-state index is 4.29. The van der Waals surface area contributed by atoms with E-state index in [4.69, 9.17) is 0 Å². The molecule has 0 aliphatic rings. The molecule has 2 heterocycles. The fourth-order valence-electron chi connectivity index (χ4n) is 1.27. The predicted octanol–water partition coefficient (Wildman–Crippen LogP) is 1.77. The van der Waals surface area contributed by atoms with E-state index in [1.807, 2.05) is 25.1 Å². The molecular weight excluding hydrogens is 174 g/mol. The highest BCUT2D eigenvalue weighted by Crippen LogP contribution is 2.06. The van der Waals surface area contributed by atoms with Crippen LogP contribution in [0.3, 0.4) is 0 Å². The standard InChI is InChI=1S/C11H11N3/c1-9-4-2-5-12-10(9)8-11-13-6-3-7-14-11/h2-7H,8H2,1H3. The minimum Gasteiger partial charge on any atom is -0.261 e. The molecular formula is C11H11N3. The third-order valence-corrected chi connectivity index (χ3v) is 2.06. The van der Waals surface area contributed by atoms with Crippen LogP contribution < -0.4 is 0 Å². The van der Waals surface area contributed by atoms with Crippen molar-refractivity contribution in [1.82, 2.24) is 15.0 Å². The zero-order valence-electron chi connectivity index (χ0n) is 8.01. The normalized spacial score (nSPS) is 10.1. The Balaban J connectivity index is 2.24. The lowest BCUT2D eigenvalue weighted by Crippen LogP contribution is -1.99. The molecule has 2 aromatic rings. The van der Waals surface area contributed by atoms with Gasteiger partial charge in [-0.3, -0.25) is 4.98 Å². The Morgan fingerprint density at radius 2 is 1.71 bits per heavy atom. The largest absolute Gasteiger partial charge is 0.261 e. The van der Waals surface area contributed by atoms with Crippen molar-refractivity contribution in [2.24, 2.45) is 0 Å². The van der Waals surface area contributed by atoms with E-state index in [1.54, 1.807) is 18.6 Å². The lowest BCUT2D eigenvalue weighted by Gasteiger charge is -2.02. The van der Waals surface area contributed by atoms with Crippen LogP contribution in [0.15, 0.2) is 36.8 Å². The predicted molar refractivity (Wildman–Crippen MR) is 53.8 cm³/mol. The Bertz CT molecular complexity index is 412. The van der Waals surface area contributed by atoms with Crippen molar-refractivity contribution >= 4 is 0 Å². The van der Waals surface area contributed by atoms with Gasteiger partial charge in [-0.25, -0.2) is 9.97 Å². The van der Waals surface area contributed by atoms with Crippen LogP contribution in [-0.4, -0.2) is 15.0 Å². The third kappa shape index (κ3) is 1.93. The highest BCUT2D eigenvalue weighted by molar-refractivity contribution is 5.20. The smallest absolute Gasteiger partial charge is 0.134 e. The molecule has 0 N–H and O–H groups in total. The van der Waals surface area contributed by atoms with Gasteiger partial charge in [-0.05, 0) is 24.6 Å². The number of nitrogens with zero attached hydrogens (tertiary/aromatic N) is 3. The fraction of sp³-hybridized carbons (Fsp3) is 0.182. The Morgan fingerprint density at radius 3 is 2.43 bits per heavy atom. The molecule has 0 saturated carbocycles. The lowest BCUT2D eigenvalue weighted by molar-refractivity contribution is 0.924. The summed E-state index contributed by atoms with van der Waals surface area (Å²) in [5.74, 6) is 0.814. The van der Waals surface area contributed by atoms with Gasteiger partial charge in [0.1, 0.15) is 5.82 Å². The summed E-state index contributed by atoms with van der Waals surface area (Å²) < 4.78 is 0. The Morgan fingerprint density at radius 1 is 1.00 bits per heavy atom. The molecule has 14 heavy (non-hydrogen) atoms. The third-order valence-electron chi connectivity index (χ3n) is 2.06. The van der Waals surface area contributed by atoms with E-state index in [0.717, 1.165) is 11.5 Å². The number of rotatable bonds is 2. The van der Waals surface area contributed by atoms with Gasteiger partial charge in [-0.1, -0.05) is 6.07 Å². The van der Waals surface area contributed by atoms with Gasteiger partial charge >= 0.3 is 0 Å². The van der Waals surface area contributed by atoms with Crippen LogP contribution in [0.25, 0.3) is 0 Å². The molecule has 0 aliphatic heterocycles. The van der Waals surface area contributed by atoms with Gasteiger partial charge in [0, 0.05) is 18.6 Å².